The number of carboxylic acid groups (broad SMARTS) is 1. The normalized spacial score (nSPS) is 12.6. The molecule has 1 aromatic heterocycles. The number of fused-ring (bicyclic) bond motifs is 1. The number of carbonyl (C=O) groups excluding carboxylic acids is 2. The lowest BCUT2D eigenvalue weighted by Gasteiger charge is -2.17. The smallest absolute Gasteiger partial charge is 0.416 e. The number of benzene rings is 3. The van der Waals surface area contributed by atoms with Crippen molar-refractivity contribution in [3.05, 3.63) is 113 Å². The minimum atomic E-state index is -4.64. The number of aryl methyl sites for hydroxylation is 1. The van der Waals surface area contributed by atoms with Crippen molar-refractivity contribution in [2.24, 2.45) is 7.05 Å². The zero-order valence-electron chi connectivity index (χ0n) is 21.8. The van der Waals surface area contributed by atoms with Crippen LogP contribution in [0.5, 0.6) is 0 Å². The van der Waals surface area contributed by atoms with E-state index in [2.05, 4.69) is 10.6 Å². The van der Waals surface area contributed by atoms with Crippen LogP contribution in [0.15, 0.2) is 90.8 Å². The molecule has 1 atom stereocenters. The Morgan fingerprint density at radius 3 is 2.41 bits per heavy atom. The van der Waals surface area contributed by atoms with Crippen LogP contribution >= 0.6 is 0 Å². The highest BCUT2D eigenvalue weighted by molar-refractivity contribution is 6.11. The summed E-state index contributed by atoms with van der Waals surface area (Å²) in [5.74, 6) is -3.13. The van der Waals surface area contributed by atoms with Gasteiger partial charge in [-0.15, -0.1) is 0 Å². The Kier molecular flexibility index (Phi) is 8.88. The van der Waals surface area contributed by atoms with E-state index in [9.17, 15) is 32.7 Å². The molecule has 0 saturated carbocycles. The lowest BCUT2D eigenvalue weighted by Crippen LogP contribution is -2.46. The van der Waals surface area contributed by atoms with Crippen molar-refractivity contribution in [2.75, 3.05) is 6.61 Å². The van der Waals surface area contributed by atoms with Crippen molar-refractivity contribution >= 4 is 34.8 Å². The second-order valence-corrected chi connectivity index (χ2v) is 9.17. The molecular formula is C30H26F3N3O5. The van der Waals surface area contributed by atoms with Gasteiger partial charge in [-0.05, 0) is 35.4 Å². The number of aromatic nitrogens is 1. The lowest BCUT2D eigenvalue weighted by atomic mass is 10.1. The monoisotopic (exact) mass is 565 g/mol. The minimum Gasteiger partial charge on any atom is -0.480 e. The van der Waals surface area contributed by atoms with E-state index < -0.39 is 47.9 Å². The number of ether oxygens (including phenoxy) is 1. The molecule has 0 spiro atoms. The number of hydrogen-bond acceptors (Lipinski definition) is 4. The number of halogens is 3. The molecule has 3 N–H and O–H groups in total. The second-order valence-electron chi connectivity index (χ2n) is 9.17. The molecule has 1 unspecified atom stereocenters. The molecule has 0 aliphatic heterocycles. The van der Waals surface area contributed by atoms with Crippen LogP contribution in [-0.4, -0.2) is 40.1 Å². The standard InChI is InChI=1S/C30H26F3N3O5/c1-36-16-23(22-12-5-6-13-26(22)36)27(37)34-24(15-20-10-7-11-21(14-20)30(31,32)33)28(38)35-25(29(39)40)18-41-17-19-8-3-2-4-9-19/h2-16,25H,17-18H2,1H3,(H,34,37)(H,35,38)(H,39,40). The van der Waals surface area contributed by atoms with Gasteiger partial charge < -0.3 is 25.0 Å². The van der Waals surface area contributed by atoms with Crippen molar-refractivity contribution in [3.8, 4) is 0 Å². The van der Waals surface area contributed by atoms with Crippen LogP contribution in [0.25, 0.3) is 17.0 Å². The van der Waals surface area contributed by atoms with Gasteiger partial charge in [0.1, 0.15) is 5.70 Å². The molecule has 3 aromatic carbocycles. The molecule has 4 aromatic rings. The van der Waals surface area contributed by atoms with Gasteiger partial charge in [0.2, 0.25) is 0 Å². The number of hydrogen-bond donors (Lipinski definition) is 3. The Balaban J connectivity index is 1.61. The molecule has 0 aliphatic rings. The van der Waals surface area contributed by atoms with Crippen molar-refractivity contribution in [2.45, 2.75) is 18.8 Å². The summed E-state index contributed by atoms with van der Waals surface area (Å²) in [6.45, 7) is -0.310. The molecule has 11 heteroatoms. The molecule has 0 aliphatic carbocycles. The van der Waals surface area contributed by atoms with E-state index in [1.54, 1.807) is 66.3 Å². The van der Waals surface area contributed by atoms with E-state index in [0.717, 1.165) is 35.4 Å². The van der Waals surface area contributed by atoms with Gasteiger partial charge in [0.25, 0.3) is 11.8 Å². The lowest BCUT2D eigenvalue weighted by molar-refractivity contribution is -0.143. The number of rotatable bonds is 10. The predicted octanol–water partition coefficient (Wildman–Crippen LogP) is 4.75. The van der Waals surface area contributed by atoms with E-state index in [-0.39, 0.29) is 17.7 Å². The van der Waals surface area contributed by atoms with Gasteiger partial charge in [-0.1, -0.05) is 60.7 Å². The molecule has 2 amide bonds. The quantitative estimate of drug-likeness (QED) is 0.241. The third-order valence-corrected chi connectivity index (χ3v) is 6.16. The third kappa shape index (κ3) is 7.40. The number of carboxylic acids is 1. The fourth-order valence-electron chi connectivity index (χ4n) is 4.12. The maximum absolute atomic E-state index is 13.3. The third-order valence-electron chi connectivity index (χ3n) is 6.16. The van der Waals surface area contributed by atoms with E-state index in [0.29, 0.717) is 5.39 Å². The van der Waals surface area contributed by atoms with Gasteiger partial charge in [0.05, 0.1) is 24.3 Å². The number of amides is 2. The maximum atomic E-state index is 13.3. The Labute approximate surface area is 233 Å². The van der Waals surface area contributed by atoms with Crippen LogP contribution in [0.2, 0.25) is 0 Å². The predicted molar refractivity (Wildman–Crippen MR) is 145 cm³/mol. The van der Waals surface area contributed by atoms with Crippen LogP contribution in [0.4, 0.5) is 13.2 Å². The Bertz CT molecular complexity index is 1600. The van der Waals surface area contributed by atoms with Gasteiger partial charge in [0, 0.05) is 24.1 Å². The molecule has 0 saturated heterocycles. The summed E-state index contributed by atoms with van der Waals surface area (Å²) in [7, 11) is 1.73. The summed E-state index contributed by atoms with van der Waals surface area (Å²) in [6, 6.07) is 18.7. The van der Waals surface area contributed by atoms with Crippen LogP contribution < -0.4 is 10.6 Å². The van der Waals surface area contributed by atoms with Crippen molar-refractivity contribution in [1.29, 1.82) is 0 Å². The highest BCUT2D eigenvalue weighted by Gasteiger charge is 2.30. The number of alkyl halides is 3. The van der Waals surface area contributed by atoms with Crippen molar-refractivity contribution in [3.63, 3.8) is 0 Å². The van der Waals surface area contributed by atoms with Crippen molar-refractivity contribution < 1.29 is 37.4 Å². The van der Waals surface area contributed by atoms with E-state index in [1.807, 2.05) is 6.07 Å². The van der Waals surface area contributed by atoms with Gasteiger partial charge in [0.15, 0.2) is 6.04 Å². The molecule has 41 heavy (non-hydrogen) atoms. The largest absolute Gasteiger partial charge is 0.480 e. The highest BCUT2D eigenvalue weighted by Crippen LogP contribution is 2.30. The summed E-state index contributed by atoms with van der Waals surface area (Å²) in [5.41, 5.74) is 0.311. The summed E-state index contributed by atoms with van der Waals surface area (Å²) in [6.07, 6.45) is -2.03. The van der Waals surface area contributed by atoms with E-state index >= 15 is 0 Å². The fourth-order valence-corrected chi connectivity index (χ4v) is 4.12. The highest BCUT2D eigenvalue weighted by atomic mass is 19.4. The summed E-state index contributed by atoms with van der Waals surface area (Å²) in [5, 5.41) is 15.0. The van der Waals surface area contributed by atoms with E-state index in [1.165, 1.54) is 6.07 Å². The first-order valence-corrected chi connectivity index (χ1v) is 12.4. The van der Waals surface area contributed by atoms with Crippen LogP contribution in [0, 0.1) is 0 Å². The number of aliphatic carboxylic acids is 1. The number of nitrogens with one attached hydrogen (secondary N) is 2. The summed E-state index contributed by atoms with van der Waals surface area (Å²) < 4.78 is 47.1. The maximum Gasteiger partial charge on any atom is 0.416 e. The molecule has 4 rings (SSSR count). The zero-order chi connectivity index (χ0) is 29.6. The van der Waals surface area contributed by atoms with Crippen molar-refractivity contribution in [1.82, 2.24) is 15.2 Å². The molecule has 8 nitrogen and oxygen atoms in total. The van der Waals surface area contributed by atoms with Crippen LogP contribution in [0.3, 0.4) is 0 Å². The number of carbonyl (C=O) groups is 3. The number of nitrogens with zero attached hydrogens (tertiary/aromatic N) is 1. The summed E-state index contributed by atoms with van der Waals surface area (Å²) in [4.78, 5) is 38.4. The van der Waals surface area contributed by atoms with Gasteiger partial charge in [-0.3, -0.25) is 9.59 Å². The van der Waals surface area contributed by atoms with Gasteiger partial charge in [-0.2, -0.15) is 13.2 Å². The second kappa shape index (κ2) is 12.5. The summed E-state index contributed by atoms with van der Waals surface area (Å²) >= 11 is 0. The number of para-hydroxylation sites is 1. The van der Waals surface area contributed by atoms with Crippen LogP contribution in [0.1, 0.15) is 27.0 Å². The van der Waals surface area contributed by atoms with Gasteiger partial charge in [-0.25, -0.2) is 4.79 Å². The first-order valence-electron chi connectivity index (χ1n) is 12.4. The first-order chi connectivity index (χ1) is 19.5. The first kappa shape index (κ1) is 29.1. The zero-order valence-corrected chi connectivity index (χ0v) is 21.8. The Hall–Kier alpha value is -4.90. The topological polar surface area (TPSA) is 110 Å². The van der Waals surface area contributed by atoms with E-state index in [4.69, 9.17) is 4.74 Å². The van der Waals surface area contributed by atoms with Gasteiger partial charge >= 0.3 is 12.1 Å². The SMILES string of the molecule is Cn1cc(C(=O)NC(=Cc2cccc(C(F)(F)F)c2)C(=O)NC(COCc2ccccc2)C(=O)O)c2ccccc21. The average molecular weight is 566 g/mol. The van der Waals surface area contributed by atoms with Crippen LogP contribution in [-0.2, 0) is 34.2 Å². The molecule has 0 bridgehead atoms. The molecule has 0 radical (unpaired) electrons. The fraction of sp³-hybridized carbons (Fsp3) is 0.167. The molecule has 212 valence electrons. The average Bonchev–Trinajstić information content (AvgIpc) is 3.29. The Morgan fingerprint density at radius 1 is 1.00 bits per heavy atom. The molecule has 1 heterocycles. The Morgan fingerprint density at radius 2 is 1.71 bits per heavy atom. The molecule has 0 fully saturated rings. The minimum absolute atomic E-state index is 0.0320. The molecular weight excluding hydrogens is 539 g/mol.